The number of hydrazine groups is 1. The van der Waals surface area contributed by atoms with E-state index in [2.05, 4.69) is 10.5 Å². The average Bonchev–Trinajstić information content (AvgIpc) is 3.25. The Balaban J connectivity index is 1.67. The Kier molecular flexibility index (Phi) is 6.17. The van der Waals surface area contributed by atoms with Crippen molar-refractivity contribution in [3.05, 3.63) is 45.3 Å². The molecule has 1 aromatic heterocycles. The van der Waals surface area contributed by atoms with Gasteiger partial charge in [-0.1, -0.05) is 35.7 Å². The van der Waals surface area contributed by atoms with Crippen molar-refractivity contribution in [3.8, 4) is 0 Å². The SMILES string of the molecule is [B]c1ccc(C2C(O)C(C(=O)NN3CCCCC3)=NN2c2ccc(Cl)cc2Cl)s1. The highest BCUT2D eigenvalue weighted by molar-refractivity contribution is 7.20. The molecule has 29 heavy (non-hydrogen) atoms. The molecular formula is C19H19BCl2N4O2S. The van der Waals surface area contributed by atoms with Crippen LogP contribution >= 0.6 is 34.5 Å². The predicted molar refractivity (Wildman–Crippen MR) is 118 cm³/mol. The van der Waals surface area contributed by atoms with Gasteiger partial charge < -0.3 is 5.11 Å². The van der Waals surface area contributed by atoms with Crippen molar-refractivity contribution in [2.45, 2.75) is 31.4 Å². The lowest BCUT2D eigenvalue weighted by Crippen LogP contribution is -2.49. The highest BCUT2D eigenvalue weighted by atomic mass is 35.5. The van der Waals surface area contributed by atoms with Crippen molar-refractivity contribution in [1.29, 1.82) is 0 Å². The van der Waals surface area contributed by atoms with Crippen LogP contribution < -0.4 is 15.2 Å². The number of nitrogens with zero attached hydrogens (tertiary/aromatic N) is 3. The van der Waals surface area contributed by atoms with Gasteiger partial charge in [0.05, 0.1) is 10.7 Å². The monoisotopic (exact) mass is 448 g/mol. The first-order valence-corrected chi connectivity index (χ1v) is 10.9. The number of hydrazone groups is 1. The second kappa shape index (κ2) is 8.66. The van der Waals surface area contributed by atoms with E-state index < -0.39 is 18.1 Å². The number of carbonyl (C=O) groups excluding carboxylic acids is 1. The maximum Gasteiger partial charge on any atom is 0.284 e. The number of nitrogens with one attached hydrogen (secondary N) is 1. The van der Waals surface area contributed by atoms with E-state index in [1.165, 1.54) is 11.3 Å². The highest BCUT2D eigenvalue weighted by Crippen LogP contribution is 2.40. The minimum Gasteiger partial charge on any atom is -0.384 e. The summed E-state index contributed by atoms with van der Waals surface area (Å²) in [7, 11) is 5.90. The van der Waals surface area contributed by atoms with Crippen molar-refractivity contribution in [2.24, 2.45) is 5.10 Å². The van der Waals surface area contributed by atoms with E-state index >= 15 is 0 Å². The summed E-state index contributed by atoms with van der Waals surface area (Å²) in [5.41, 5.74) is 3.46. The van der Waals surface area contributed by atoms with Crippen LogP contribution in [0, 0.1) is 0 Å². The van der Waals surface area contributed by atoms with Gasteiger partial charge in [-0.25, -0.2) is 5.01 Å². The number of piperidine rings is 1. The van der Waals surface area contributed by atoms with Crippen LogP contribution in [-0.4, -0.2) is 48.8 Å². The summed E-state index contributed by atoms with van der Waals surface area (Å²) in [6.07, 6.45) is 2.07. The van der Waals surface area contributed by atoms with Gasteiger partial charge in [-0.15, -0.1) is 0 Å². The van der Waals surface area contributed by atoms with Gasteiger partial charge in [0.2, 0.25) is 0 Å². The standard InChI is InChI=1S/C19H19BCl2N4O2S/c20-15-7-6-14(29-15)17-18(27)16(19(28)24-25-8-2-1-3-9-25)23-26(17)13-5-4-11(21)10-12(13)22/h4-7,10,17-18,27H,1-3,8-9H2,(H,24,28). The van der Waals surface area contributed by atoms with Gasteiger partial charge in [0.1, 0.15) is 20.0 Å². The summed E-state index contributed by atoms with van der Waals surface area (Å²) in [5, 5.41) is 19.8. The molecule has 0 aliphatic carbocycles. The molecule has 2 aromatic rings. The smallest absolute Gasteiger partial charge is 0.284 e. The van der Waals surface area contributed by atoms with Crippen LogP contribution in [0.25, 0.3) is 0 Å². The summed E-state index contributed by atoms with van der Waals surface area (Å²) in [4.78, 5) is 13.7. The zero-order valence-electron chi connectivity index (χ0n) is 15.5. The molecule has 2 atom stereocenters. The largest absolute Gasteiger partial charge is 0.384 e. The molecular weight excluding hydrogens is 430 g/mol. The van der Waals surface area contributed by atoms with E-state index in [4.69, 9.17) is 31.0 Å². The van der Waals surface area contributed by atoms with Gasteiger partial charge in [0.25, 0.3) is 5.91 Å². The number of hydrogen-bond donors (Lipinski definition) is 2. The van der Waals surface area contributed by atoms with Crippen LogP contribution in [0.5, 0.6) is 0 Å². The van der Waals surface area contributed by atoms with Crippen molar-refractivity contribution in [2.75, 3.05) is 18.1 Å². The second-order valence-electron chi connectivity index (χ2n) is 7.04. The van der Waals surface area contributed by atoms with E-state index in [9.17, 15) is 9.90 Å². The van der Waals surface area contributed by atoms with Crippen molar-refractivity contribution >= 4 is 64.5 Å². The van der Waals surface area contributed by atoms with Gasteiger partial charge in [-0.05, 0) is 41.9 Å². The summed E-state index contributed by atoms with van der Waals surface area (Å²) >= 11 is 13.8. The summed E-state index contributed by atoms with van der Waals surface area (Å²) in [5.74, 6) is -0.415. The number of anilines is 1. The number of thiophene rings is 1. The normalized spacial score (nSPS) is 22.6. The van der Waals surface area contributed by atoms with Gasteiger partial charge in [0, 0.05) is 23.0 Å². The molecule has 3 heterocycles. The molecule has 1 fully saturated rings. The van der Waals surface area contributed by atoms with Crippen LogP contribution in [0.1, 0.15) is 30.2 Å². The summed E-state index contributed by atoms with van der Waals surface area (Å²) < 4.78 is 0.612. The third kappa shape index (κ3) is 4.32. The lowest BCUT2D eigenvalue weighted by Gasteiger charge is -2.27. The first kappa shape index (κ1) is 20.7. The van der Waals surface area contributed by atoms with Crippen LogP contribution in [0.3, 0.4) is 0 Å². The Morgan fingerprint density at radius 1 is 1.21 bits per heavy atom. The van der Waals surface area contributed by atoms with E-state index in [0.29, 0.717) is 20.5 Å². The lowest BCUT2D eigenvalue weighted by molar-refractivity contribution is -0.120. The molecule has 0 bridgehead atoms. The minimum atomic E-state index is -1.13. The maximum atomic E-state index is 12.9. The second-order valence-corrected chi connectivity index (χ2v) is 9.03. The van der Waals surface area contributed by atoms with Crippen LogP contribution in [0.2, 0.25) is 10.0 Å². The first-order chi connectivity index (χ1) is 13.9. The third-order valence-corrected chi connectivity index (χ3v) is 6.53. The molecule has 1 saturated heterocycles. The number of rotatable bonds is 4. The van der Waals surface area contributed by atoms with Crippen molar-refractivity contribution < 1.29 is 9.90 Å². The molecule has 2 radical (unpaired) electrons. The van der Waals surface area contributed by atoms with E-state index in [-0.39, 0.29) is 5.71 Å². The zero-order valence-corrected chi connectivity index (χ0v) is 17.8. The molecule has 0 spiro atoms. The van der Waals surface area contributed by atoms with Gasteiger partial charge in [-0.3, -0.25) is 15.2 Å². The summed E-state index contributed by atoms with van der Waals surface area (Å²) in [6.45, 7) is 1.57. The highest BCUT2D eigenvalue weighted by Gasteiger charge is 2.42. The number of amides is 1. The maximum absolute atomic E-state index is 12.9. The Morgan fingerprint density at radius 3 is 2.62 bits per heavy atom. The Hall–Kier alpha value is -1.58. The van der Waals surface area contributed by atoms with E-state index in [1.54, 1.807) is 29.3 Å². The molecule has 150 valence electrons. The Morgan fingerprint density at radius 2 is 1.97 bits per heavy atom. The molecule has 6 nitrogen and oxygen atoms in total. The number of aliphatic hydroxyl groups is 1. The number of carbonyl (C=O) groups is 1. The molecule has 0 saturated carbocycles. The Bertz CT molecular complexity index is 948. The van der Waals surface area contributed by atoms with Gasteiger partial charge >= 0.3 is 0 Å². The molecule has 2 unspecified atom stereocenters. The van der Waals surface area contributed by atoms with Crippen LogP contribution in [0.4, 0.5) is 5.69 Å². The number of benzene rings is 1. The van der Waals surface area contributed by atoms with Gasteiger partial charge in [0.15, 0.2) is 5.71 Å². The molecule has 10 heteroatoms. The number of halogens is 2. The average molecular weight is 449 g/mol. The molecule has 2 aliphatic rings. The van der Waals surface area contributed by atoms with Crippen molar-refractivity contribution in [1.82, 2.24) is 10.4 Å². The van der Waals surface area contributed by atoms with Crippen molar-refractivity contribution in [3.63, 3.8) is 0 Å². The Labute approximate surface area is 184 Å². The minimum absolute atomic E-state index is 0.0403. The zero-order chi connectivity index (χ0) is 20.5. The molecule has 1 amide bonds. The number of hydrogen-bond acceptors (Lipinski definition) is 6. The van der Waals surface area contributed by atoms with Gasteiger partial charge in [-0.2, -0.15) is 16.4 Å². The molecule has 2 N–H and O–H groups in total. The molecule has 4 rings (SSSR count). The van der Waals surface area contributed by atoms with Crippen LogP contribution in [-0.2, 0) is 4.79 Å². The third-order valence-electron chi connectivity index (χ3n) is 5.00. The topological polar surface area (TPSA) is 68.2 Å². The van der Waals surface area contributed by atoms with E-state index in [1.807, 2.05) is 11.1 Å². The lowest BCUT2D eigenvalue weighted by atomic mass is 10.0. The molecule has 2 aliphatic heterocycles. The quantitative estimate of drug-likeness (QED) is 0.705. The summed E-state index contributed by atoms with van der Waals surface area (Å²) in [6, 6.07) is 7.99. The fraction of sp³-hybridized carbons (Fsp3) is 0.368. The fourth-order valence-corrected chi connectivity index (χ4v) is 4.97. The number of aliphatic hydroxyl groups excluding tert-OH is 1. The van der Waals surface area contributed by atoms with E-state index in [0.717, 1.165) is 37.2 Å². The predicted octanol–water partition coefficient (Wildman–Crippen LogP) is 2.64. The van der Waals surface area contributed by atoms with Crippen LogP contribution in [0.15, 0.2) is 35.4 Å². The molecule has 1 aromatic carbocycles. The first-order valence-electron chi connectivity index (χ1n) is 9.36. The fourth-order valence-electron chi connectivity index (χ4n) is 3.58.